The second-order valence-corrected chi connectivity index (χ2v) is 8.76. The molecule has 0 fully saturated rings. The fourth-order valence-electron chi connectivity index (χ4n) is 3.43. The van der Waals surface area contributed by atoms with E-state index in [0.29, 0.717) is 6.42 Å². The van der Waals surface area contributed by atoms with Gasteiger partial charge in [0.1, 0.15) is 12.7 Å². The van der Waals surface area contributed by atoms with E-state index >= 15 is 0 Å². The predicted octanol–water partition coefficient (Wildman–Crippen LogP) is 6.17. The zero-order valence-electron chi connectivity index (χ0n) is 18.8. The first-order chi connectivity index (χ1) is 13.6. The number of esters is 1. The van der Waals surface area contributed by atoms with Crippen molar-refractivity contribution >= 4 is 5.97 Å². The Morgan fingerprint density at radius 3 is 1.50 bits per heavy atom. The van der Waals surface area contributed by atoms with E-state index in [1.807, 2.05) is 0 Å². The van der Waals surface area contributed by atoms with E-state index in [2.05, 4.69) is 13.8 Å². The molecule has 0 amide bonds. The molecule has 1 unspecified atom stereocenters. The molecule has 0 aliphatic heterocycles. The highest BCUT2D eigenvalue weighted by atomic mass is 16.5. The summed E-state index contributed by atoms with van der Waals surface area (Å²) in [5.74, 6) is 0.588. The Labute approximate surface area is 174 Å². The summed E-state index contributed by atoms with van der Waals surface area (Å²) in [6.45, 7) is 4.16. The Morgan fingerprint density at radius 2 is 1.11 bits per heavy atom. The topological polar surface area (TPSA) is 66.8 Å². The fraction of sp³-hybridized carbons (Fsp3) is 0.958. The number of carbonyl (C=O) groups excluding carboxylic acids is 1. The van der Waals surface area contributed by atoms with Crippen molar-refractivity contribution in [3.63, 3.8) is 0 Å². The minimum Gasteiger partial charge on any atom is -0.463 e. The molecule has 0 aliphatic rings. The van der Waals surface area contributed by atoms with Crippen LogP contribution in [0.4, 0.5) is 0 Å². The predicted molar refractivity (Wildman–Crippen MR) is 117 cm³/mol. The third-order valence-corrected chi connectivity index (χ3v) is 5.31. The third-order valence-electron chi connectivity index (χ3n) is 5.31. The van der Waals surface area contributed by atoms with Crippen LogP contribution >= 0.6 is 0 Å². The van der Waals surface area contributed by atoms with Gasteiger partial charge in [0.25, 0.3) is 0 Å². The second-order valence-electron chi connectivity index (χ2n) is 8.76. The van der Waals surface area contributed by atoms with Crippen LogP contribution in [-0.2, 0) is 9.53 Å². The summed E-state index contributed by atoms with van der Waals surface area (Å²) < 4.78 is 4.88. The molecule has 0 rings (SSSR count). The molecule has 0 heterocycles. The molecule has 168 valence electrons. The molecular weight excluding hydrogens is 352 g/mol. The van der Waals surface area contributed by atoms with Gasteiger partial charge < -0.3 is 14.9 Å². The Balaban J connectivity index is 3.13. The number of carbonyl (C=O) groups is 1. The summed E-state index contributed by atoms with van der Waals surface area (Å²) in [5, 5.41) is 17.8. The zero-order chi connectivity index (χ0) is 20.9. The van der Waals surface area contributed by atoms with Gasteiger partial charge in [0.15, 0.2) is 0 Å². The van der Waals surface area contributed by atoms with E-state index in [-0.39, 0.29) is 19.2 Å². The second kappa shape index (κ2) is 21.1. The molecule has 0 aromatic rings. The minimum absolute atomic E-state index is 0.104. The number of hydrogen-bond donors (Lipinski definition) is 2. The minimum atomic E-state index is -0.955. The number of rotatable bonds is 21. The summed E-state index contributed by atoms with van der Waals surface area (Å²) in [4.78, 5) is 11.4. The largest absolute Gasteiger partial charge is 0.463 e. The molecule has 0 saturated heterocycles. The van der Waals surface area contributed by atoms with Crippen LogP contribution in [0.15, 0.2) is 0 Å². The molecule has 0 aromatic heterocycles. The van der Waals surface area contributed by atoms with Crippen LogP contribution in [-0.4, -0.2) is 35.5 Å². The average molecular weight is 401 g/mol. The van der Waals surface area contributed by atoms with E-state index in [1.165, 1.54) is 89.9 Å². The molecule has 0 aromatic carbocycles. The molecule has 0 bridgehead atoms. The maximum absolute atomic E-state index is 11.4. The lowest BCUT2D eigenvalue weighted by Gasteiger charge is -2.08. The van der Waals surface area contributed by atoms with Gasteiger partial charge in [-0.15, -0.1) is 0 Å². The van der Waals surface area contributed by atoms with Gasteiger partial charge >= 0.3 is 5.97 Å². The number of unbranched alkanes of at least 4 members (excludes halogenated alkanes) is 14. The van der Waals surface area contributed by atoms with Crippen molar-refractivity contribution < 1.29 is 19.7 Å². The molecule has 28 heavy (non-hydrogen) atoms. The molecule has 4 nitrogen and oxygen atoms in total. The van der Waals surface area contributed by atoms with Crippen molar-refractivity contribution in [1.82, 2.24) is 0 Å². The van der Waals surface area contributed by atoms with Crippen LogP contribution in [0, 0.1) is 5.92 Å². The van der Waals surface area contributed by atoms with Gasteiger partial charge in [-0.2, -0.15) is 0 Å². The summed E-state index contributed by atoms with van der Waals surface area (Å²) in [6.07, 6.45) is 20.5. The maximum Gasteiger partial charge on any atom is 0.305 e. The van der Waals surface area contributed by atoms with Crippen molar-refractivity contribution in [2.24, 2.45) is 5.92 Å². The number of ether oxygens (including phenoxy) is 1. The molecule has 2 N–H and O–H groups in total. The molecule has 0 spiro atoms. The molecule has 0 radical (unpaired) electrons. The maximum atomic E-state index is 11.4. The summed E-state index contributed by atoms with van der Waals surface area (Å²) in [5.41, 5.74) is 0. The van der Waals surface area contributed by atoms with Crippen molar-refractivity contribution in [3.8, 4) is 0 Å². The number of aliphatic hydroxyl groups excluding tert-OH is 2. The molecule has 4 heteroatoms. The van der Waals surface area contributed by atoms with Crippen LogP contribution in [0.5, 0.6) is 0 Å². The lowest BCUT2D eigenvalue weighted by atomic mass is 10.0. The van der Waals surface area contributed by atoms with Gasteiger partial charge in [-0.1, -0.05) is 110 Å². The smallest absolute Gasteiger partial charge is 0.305 e. The Morgan fingerprint density at radius 1 is 0.714 bits per heavy atom. The average Bonchev–Trinajstić information content (AvgIpc) is 2.68. The Kier molecular flexibility index (Phi) is 20.6. The fourth-order valence-corrected chi connectivity index (χ4v) is 3.43. The third kappa shape index (κ3) is 21.7. The highest BCUT2D eigenvalue weighted by Crippen LogP contribution is 2.15. The van der Waals surface area contributed by atoms with Gasteiger partial charge in [0, 0.05) is 6.42 Å². The first-order valence-electron chi connectivity index (χ1n) is 12.0. The monoisotopic (exact) mass is 400 g/mol. The first kappa shape index (κ1) is 27.4. The summed E-state index contributed by atoms with van der Waals surface area (Å²) in [7, 11) is 0. The van der Waals surface area contributed by atoms with Crippen molar-refractivity contribution in [1.29, 1.82) is 0 Å². The van der Waals surface area contributed by atoms with Crippen LogP contribution in [0.2, 0.25) is 0 Å². The molecule has 0 saturated carbocycles. The van der Waals surface area contributed by atoms with Crippen LogP contribution < -0.4 is 0 Å². The van der Waals surface area contributed by atoms with E-state index < -0.39 is 6.10 Å². The van der Waals surface area contributed by atoms with E-state index in [0.717, 1.165) is 18.8 Å². The molecule has 0 aliphatic carbocycles. The van der Waals surface area contributed by atoms with Gasteiger partial charge in [-0.3, -0.25) is 4.79 Å². The van der Waals surface area contributed by atoms with Gasteiger partial charge in [-0.25, -0.2) is 0 Å². The Hall–Kier alpha value is -0.610. The Bertz CT molecular complexity index is 331. The number of hydrogen-bond acceptors (Lipinski definition) is 4. The van der Waals surface area contributed by atoms with Crippen molar-refractivity contribution in [2.75, 3.05) is 13.2 Å². The van der Waals surface area contributed by atoms with E-state index in [4.69, 9.17) is 14.9 Å². The normalized spacial score (nSPS) is 12.5. The van der Waals surface area contributed by atoms with Gasteiger partial charge in [-0.05, 0) is 12.3 Å². The highest BCUT2D eigenvalue weighted by molar-refractivity contribution is 5.69. The first-order valence-corrected chi connectivity index (χ1v) is 12.0. The zero-order valence-corrected chi connectivity index (χ0v) is 18.8. The quantitative estimate of drug-likeness (QED) is 0.179. The number of aliphatic hydroxyl groups is 2. The lowest BCUT2D eigenvalue weighted by Crippen LogP contribution is -2.21. The summed E-state index contributed by atoms with van der Waals surface area (Å²) >= 11 is 0. The van der Waals surface area contributed by atoms with Crippen molar-refractivity contribution in [2.45, 2.75) is 129 Å². The van der Waals surface area contributed by atoms with Crippen LogP contribution in [0.3, 0.4) is 0 Å². The standard InChI is InChI=1S/C24H48O4/c1-22(2)18-16-14-12-10-8-6-4-3-5-7-9-11-13-15-17-19-24(27)28-21-23(26)20-25/h22-23,25-26H,3-21H2,1-2H3. The van der Waals surface area contributed by atoms with Gasteiger partial charge in [0.2, 0.25) is 0 Å². The van der Waals surface area contributed by atoms with Crippen molar-refractivity contribution in [3.05, 3.63) is 0 Å². The molecular formula is C24H48O4. The molecule has 1 atom stereocenters. The summed E-state index contributed by atoms with van der Waals surface area (Å²) in [6, 6.07) is 0. The van der Waals surface area contributed by atoms with E-state index in [1.54, 1.807) is 0 Å². The SMILES string of the molecule is CC(C)CCCCCCCCCCCCCCCCCC(=O)OCC(O)CO. The van der Waals surface area contributed by atoms with Crippen LogP contribution in [0.1, 0.15) is 123 Å². The van der Waals surface area contributed by atoms with Gasteiger partial charge in [0.05, 0.1) is 6.61 Å². The highest BCUT2D eigenvalue weighted by Gasteiger charge is 2.07. The van der Waals surface area contributed by atoms with E-state index in [9.17, 15) is 4.79 Å². The lowest BCUT2D eigenvalue weighted by molar-refractivity contribution is -0.147. The van der Waals surface area contributed by atoms with Crippen LogP contribution in [0.25, 0.3) is 0 Å².